The van der Waals surface area contributed by atoms with E-state index in [-0.39, 0.29) is 22.5 Å². The SMILES string of the molecule is CC(CN1CCN(S(C)(=O)=O)CC1)NC(=O)c1cc(-c2ccc(Cl)cc2F)cc(-n2cnnn2)c1. The summed E-state index contributed by atoms with van der Waals surface area (Å²) in [7, 11) is -3.20. The van der Waals surface area contributed by atoms with E-state index < -0.39 is 15.8 Å². The molecule has 1 fully saturated rings. The number of tetrazole rings is 1. The van der Waals surface area contributed by atoms with Gasteiger partial charge in [0.25, 0.3) is 5.91 Å². The highest BCUT2D eigenvalue weighted by Crippen LogP contribution is 2.28. The topological polar surface area (TPSA) is 113 Å². The molecule has 0 aliphatic carbocycles. The molecule has 2 heterocycles. The van der Waals surface area contributed by atoms with Crippen LogP contribution in [0.1, 0.15) is 17.3 Å². The molecule has 13 heteroatoms. The molecule has 0 radical (unpaired) electrons. The summed E-state index contributed by atoms with van der Waals surface area (Å²) in [6.07, 6.45) is 2.59. The van der Waals surface area contributed by atoms with Crippen molar-refractivity contribution >= 4 is 27.5 Å². The number of carbonyl (C=O) groups excluding carboxylic acids is 1. The van der Waals surface area contributed by atoms with Crippen molar-refractivity contribution in [2.75, 3.05) is 39.0 Å². The zero-order valence-corrected chi connectivity index (χ0v) is 20.8. The average molecular weight is 522 g/mol. The van der Waals surface area contributed by atoms with Crippen LogP contribution in [0.25, 0.3) is 16.8 Å². The van der Waals surface area contributed by atoms with Gasteiger partial charge >= 0.3 is 0 Å². The summed E-state index contributed by atoms with van der Waals surface area (Å²) in [5.74, 6) is -0.850. The Kier molecular flexibility index (Phi) is 7.45. The number of aromatic nitrogens is 4. The number of sulfonamides is 1. The molecule has 4 rings (SSSR count). The van der Waals surface area contributed by atoms with Crippen molar-refractivity contribution in [2.24, 2.45) is 0 Å². The zero-order valence-electron chi connectivity index (χ0n) is 19.2. The number of hydrogen-bond acceptors (Lipinski definition) is 7. The third-order valence-electron chi connectivity index (χ3n) is 5.75. The van der Waals surface area contributed by atoms with E-state index in [4.69, 9.17) is 11.6 Å². The Morgan fingerprint density at radius 1 is 1.17 bits per heavy atom. The van der Waals surface area contributed by atoms with Gasteiger partial charge in [-0.15, -0.1) is 5.10 Å². The molecule has 1 amide bonds. The number of nitrogens with zero attached hydrogens (tertiary/aromatic N) is 6. The van der Waals surface area contributed by atoms with E-state index in [2.05, 4.69) is 25.7 Å². The molecule has 1 N–H and O–H groups in total. The molecule has 0 saturated carbocycles. The van der Waals surface area contributed by atoms with E-state index in [1.54, 1.807) is 30.3 Å². The Morgan fingerprint density at radius 2 is 1.91 bits per heavy atom. The summed E-state index contributed by atoms with van der Waals surface area (Å²) in [6.45, 7) is 4.46. The van der Waals surface area contributed by atoms with E-state index >= 15 is 0 Å². The van der Waals surface area contributed by atoms with Crippen LogP contribution in [0, 0.1) is 5.82 Å². The van der Waals surface area contributed by atoms with E-state index in [0.29, 0.717) is 49.5 Å². The maximum atomic E-state index is 14.6. The summed E-state index contributed by atoms with van der Waals surface area (Å²) < 4.78 is 40.9. The van der Waals surface area contributed by atoms with Crippen molar-refractivity contribution in [3.05, 3.63) is 59.1 Å². The lowest BCUT2D eigenvalue weighted by Crippen LogP contribution is -2.51. The second-order valence-electron chi connectivity index (χ2n) is 8.48. The molecule has 35 heavy (non-hydrogen) atoms. The van der Waals surface area contributed by atoms with Gasteiger partial charge in [0.05, 0.1) is 11.9 Å². The molecule has 1 unspecified atom stereocenters. The zero-order chi connectivity index (χ0) is 25.2. The predicted octanol–water partition coefficient (Wildman–Crippen LogP) is 1.82. The number of nitrogens with one attached hydrogen (secondary N) is 1. The van der Waals surface area contributed by atoms with Crippen LogP contribution in [0.2, 0.25) is 5.02 Å². The fourth-order valence-corrected chi connectivity index (χ4v) is 5.00. The van der Waals surface area contributed by atoms with Crippen molar-refractivity contribution in [2.45, 2.75) is 13.0 Å². The minimum absolute atomic E-state index is 0.209. The number of benzene rings is 2. The van der Waals surface area contributed by atoms with Gasteiger partial charge in [-0.3, -0.25) is 9.69 Å². The minimum atomic E-state index is -3.20. The molecule has 2 aromatic carbocycles. The lowest BCUT2D eigenvalue weighted by atomic mass is 10.0. The van der Waals surface area contributed by atoms with Gasteiger partial charge in [-0.05, 0) is 59.3 Å². The third kappa shape index (κ3) is 6.20. The van der Waals surface area contributed by atoms with Gasteiger partial charge in [0.1, 0.15) is 12.1 Å². The molecular formula is C22H25ClFN7O3S. The van der Waals surface area contributed by atoms with Crippen LogP contribution in [0.4, 0.5) is 4.39 Å². The monoisotopic (exact) mass is 521 g/mol. The maximum Gasteiger partial charge on any atom is 0.251 e. The number of hydrogen-bond donors (Lipinski definition) is 1. The Bertz CT molecular complexity index is 1310. The second kappa shape index (κ2) is 10.4. The molecule has 1 aliphatic rings. The van der Waals surface area contributed by atoms with Crippen LogP contribution >= 0.6 is 11.6 Å². The lowest BCUT2D eigenvalue weighted by molar-refractivity contribution is 0.0922. The smallest absolute Gasteiger partial charge is 0.251 e. The number of halogens is 2. The molecule has 186 valence electrons. The number of piperazine rings is 1. The Morgan fingerprint density at radius 3 is 2.54 bits per heavy atom. The van der Waals surface area contributed by atoms with Crippen molar-refractivity contribution in [1.29, 1.82) is 0 Å². The molecule has 0 spiro atoms. The van der Waals surface area contributed by atoms with Crippen LogP contribution in [-0.4, -0.2) is 88.8 Å². The van der Waals surface area contributed by atoms with Gasteiger partial charge in [0, 0.05) is 54.9 Å². The van der Waals surface area contributed by atoms with Crippen molar-refractivity contribution < 1.29 is 17.6 Å². The highest BCUT2D eigenvalue weighted by molar-refractivity contribution is 7.88. The van der Waals surface area contributed by atoms with Crippen LogP contribution in [-0.2, 0) is 10.0 Å². The number of rotatable bonds is 7. The molecule has 0 bridgehead atoms. The quantitative estimate of drug-likeness (QED) is 0.504. The fraction of sp³-hybridized carbons (Fsp3) is 0.364. The van der Waals surface area contributed by atoms with Crippen LogP contribution < -0.4 is 5.32 Å². The predicted molar refractivity (Wildman–Crippen MR) is 129 cm³/mol. The highest BCUT2D eigenvalue weighted by atomic mass is 35.5. The van der Waals surface area contributed by atoms with Crippen molar-refractivity contribution in [1.82, 2.24) is 34.7 Å². The van der Waals surface area contributed by atoms with E-state index in [1.807, 2.05) is 6.92 Å². The van der Waals surface area contributed by atoms with E-state index in [0.717, 1.165) is 0 Å². The Labute approximate surface area is 207 Å². The molecule has 10 nitrogen and oxygen atoms in total. The summed E-state index contributed by atoms with van der Waals surface area (Å²) >= 11 is 5.89. The van der Waals surface area contributed by atoms with Gasteiger partial charge < -0.3 is 5.32 Å². The van der Waals surface area contributed by atoms with Gasteiger partial charge in [-0.1, -0.05) is 11.6 Å². The molecule has 1 aromatic heterocycles. The normalized spacial score (nSPS) is 16.2. The molecule has 1 aliphatic heterocycles. The molecular weight excluding hydrogens is 497 g/mol. The third-order valence-corrected chi connectivity index (χ3v) is 7.28. The maximum absolute atomic E-state index is 14.6. The largest absolute Gasteiger partial charge is 0.348 e. The van der Waals surface area contributed by atoms with Gasteiger partial charge in [0.2, 0.25) is 10.0 Å². The summed E-state index contributed by atoms with van der Waals surface area (Å²) in [5.41, 5.74) is 1.57. The second-order valence-corrected chi connectivity index (χ2v) is 10.9. The average Bonchev–Trinajstić information content (AvgIpc) is 3.33. The molecule has 3 aromatic rings. The molecule has 1 saturated heterocycles. The van der Waals surface area contributed by atoms with E-state index in [1.165, 1.54) is 27.6 Å². The van der Waals surface area contributed by atoms with Crippen LogP contribution in [0.3, 0.4) is 0 Å². The standard InChI is InChI=1S/C22H25ClFN7O3S/c1-15(13-29-5-7-30(8-6-29)35(2,33)34)26-22(32)17-9-16(20-4-3-18(23)12-21(20)24)10-19(11-17)31-14-25-27-28-31/h3-4,9-12,14-15H,5-8,13H2,1-2H3,(H,26,32). The Hall–Kier alpha value is -2.93. The van der Waals surface area contributed by atoms with E-state index in [9.17, 15) is 17.6 Å². The van der Waals surface area contributed by atoms with Gasteiger partial charge in [-0.2, -0.15) is 4.31 Å². The Balaban J connectivity index is 1.51. The van der Waals surface area contributed by atoms with Crippen LogP contribution in [0.5, 0.6) is 0 Å². The summed E-state index contributed by atoms with van der Waals surface area (Å²) in [5, 5.41) is 14.4. The van der Waals surface area contributed by atoms with Crippen LogP contribution in [0.15, 0.2) is 42.7 Å². The number of carbonyl (C=O) groups is 1. The van der Waals surface area contributed by atoms with Gasteiger partial charge in [-0.25, -0.2) is 17.5 Å². The first-order valence-corrected chi connectivity index (χ1v) is 13.1. The summed E-state index contributed by atoms with van der Waals surface area (Å²) in [4.78, 5) is 15.2. The fourth-order valence-electron chi connectivity index (χ4n) is 4.02. The minimum Gasteiger partial charge on any atom is -0.348 e. The van der Waals surface area contributed by atoms with Gasteiger partial charge in [0.15, 0.2) is 0 Å². The highest BCUT2D eigenvalue weighted by Gasteiger charge is 2.24. The lowest BCUT2D eigenvalue weighted by Gasteiger charge is -2.34. The molecule has 1 atom stereocenters. The first-order chi connectivity index (χ1) is 16.6. The first-order valence-electron chi connectivity index (χ1n) is 10.9. The summed E-state index contributed by atoms with van der Waals surface area (Å²) in [6, 6.07) is 9.05. The first kappa shape index (κ1) is 25.2. The van der Waals surface area contributed by atoms with Crippen molar-refractivity contribution in [3.8, 4) is 16.8 Å². The number of amides is 1. The van der Waals surface area contributed by atoms with Crippen molar-refractivity contribution in [3.63, 3.8) is 0 Å².